The van der Waals surface area contributed by atoms with E-state index in [1.165, 1.54) is 31.7 Å². The molecular weight excluding hydrogens is 418 g/mol. The molecule has 2 aliphatic heterocycles. The molecule has 0 aromatic heterocycles. The van der Waals surface area contributed by atoms with Crippen molar-refractivity contribution in [2.24, 2.45) is 0 Å². The van der Waals surface area contributed by atoms with E-state index in [2.05, 4.69) is 9.62 Å². The second-order valence-corrected chi connectivity index (χ2v) is 9.34. The van der Waals surface area contributed by atoms with Gasteiger partial charge in [0.1, 0.15) is 5.75 Å². The van der Waals surface area contributed by atoms with E-state index in [1.807, 2.05) is 12.1 Å². The highest BCUT2D eigenvalue weighted by molar-refractivity contribution is 7.92. The van der Waals surface area contributed by atoms with Crippen LogP contribution in [0.1, 0.15) is 32.1 Å². The summed E-state index contributed by atoms with van der Waals surface area (Å²) in [6.07, 6.45) is 3.76. The van der Waals surface area contributed by atoms with Gasteiger partial charge in [-0.3, -0.25) is 14.3 Å². The Kier molecular flexibility index (Phi) is 5.86. The lowest BCUT2D eigenvalue weighted by molar-refractivity contribution is -0.121. The summed E-state index contributed by atoms with van der Waals surface area (Å²) < 4.78 is 33.7. The van der Waals surface area contributed by atoms with Gasteiger partial charge in [-0.25, -0.2) is 13.3 Å². The molecule has 2 aliphatic rings. The van der Waals surface area contributed by atoms with Crippen molar-refractivity contribution in [3.05, 3.63) is 42.5 Å². The number of piperidine rings is 1. The molecule has 1 N–H and O–H groups in total. The maximum atomic E-state index is 13.0. The van der Waals surface area contributed by atoms with E-state index in [4.69, 9.17) is 4.74 Å². The first-order valence-electron chi connectivity index (χ1n) is 10.3. The number of carbonyl (C=O) groups is 2. The number of benzene rings is 2. The lowest BCUT2D eigenvalue weighted by Crippen LogP contribution is -2.29. The Labute approximate surface area is 181 Å². The molecule has 0 atom stereocenters. The maximum absolute atomic E-state index is 13.0. The molecule has 0 bridgehead atoms. The van der Waals surface area contributed by atoms with Gasteiger partial charge in [0, 0.05) is 37.3 Å². The number of nitrogens with zero attached hydrogens (tertiary/aromatic N) is 2. The second-order valence-electron chi connectivity index (χ2n) is 7.66. The van der Waals surface area contributed by atoms with Gasteiger partial charge in [-0.05, 0) is 61.7 Å². The number of rotatable bonds is 6. The van der Waals surface area contributed by atoms with Crippen LogP contribution in [-0.4, -0.2) is 40.4 Å². The van der Waals surface area contributed by atoms with Crippen LogP contribution in [0.5, 0.6) is 5.75 Å². The normalized spacial score (nSPS) is 17.2. The average Bonchev–Trinajstić information content (AvgIpc) is 3.12. The topological polar surface area (TPSA) is 96.0 Å². The van der Waals surface area contributed by atoms with Crippen LogP contribution < -0.4 is 19.3 Å². The Hall–Kier alpha value is -3.07. The molecule has 0 aliphatic carbocycles. The number of amides is 2. The van der Waals surface area contributed by atoms with Crippen molar-refractivity contribution in [2.75, 3.05) is 34.7 Å². The summed E-state index contributed by atoms with van der Waals surface area (Å²) in [4.78, 5) is 27.5. The van der Waals surface area contributed by atoms with E-state index in [-0.39, 0.29) is 41.0 Å². The number of ether oxygens (including phenoxy) is 1. The Morgan fingerprint density at radius 2 is 1.55 bits per heavy atom. The minimum Gasteiger partial charge on any atom is -0.495 e. The molecule has 2 heterocycles. The van der Waals surface area contributed by atoms with E-state index in [9.17, 15) is 18.0 Å². The first-order chi connectivity index (χ1) is 14.9. The Balaban J connectivity index is 1.58. The van der Waals surface area contributed by atoms with Crippen LogP contribution in [0.25, 0.3) is 0 Å². The first kappa shape index (κ1) is 21.2. The van der Waals surface area contributed by atoms with Gasteiger partial charge in [0.15, 0.2) is 0 Å². The summed E-state index contributed by atoms with van der Waals surface area (Å²) in [7, 11) is -2.53. The number of anilines is 3. The summed E-state index contributed by atoms with van der Waals surface area (Å²) in [5.41, 5.74) is 1.64. The number of methoxy groups -OCH3 is 1. The molecule has 0 unspecified atom stereocenters. The number of hydrogen-bond donors (Lipinski definition) is 1. The van der Waals surface area contributed by atoms with Crippen molar-refractivity contribution in [3.8, 4) is 5.75 Å². The first-order valence-corrected chi connectivity index (χ1v) is 11.8. The summed E-state index contributed by atoms with van der Waals surface area (Å²) in [5, 5.41) is 0. The fourth-order valence-electron chi connectivity index (χ4n) is 3.96. The third kappa shape index (κ3) is 4.36. The van der Waals surface area contributed by atoms with Gasteiger partial charge >= 0.3 is 0 Å². The van der Waals surface area contributed by atoms with Gasteiger partial charge in [0.25, 0.3) is 10.0 Å². The highest BCUT2D eigenvalue weighted by Crippen LogP contribution is 2.34. The van der Waals surface area contributed by atoms with Crippen LogP contribution in [0.4, 0.5) is 17.1 Å². The predicted molar refractivity (Wildman–Crippen MR) is 118 cm³/mol. The molecule has 2 aromatic rings. The lowest BCUT2D eigenvalue weighted by Gasteiger charge is -2.28. The highest BCUT2D eigenvalue weighted by Gasteiger charge is 2.33. The molecule has 0 saturated carbocycles. The Morgan fingerprint density at radius 1 is 0.903 bits per heavy atom. The Bertz CT molecular complexity index is 1080. The van der Waals surface area contributed by atoms with E-state index in [1.54, 1.807) is 12.1 Å². The zero-order chi connectivity index (χ0) is 22.0. The summed E-state index contributed by atoms with van der Waals surface area (Å²) in [6.45, 7) is 2.02. The number of sulfonamides is 1. The molecule has 31 heavy (non-hydrogen) atoms. The van der Waals surface area contributed by atoms with Crippen LogP contribution in [0.3, 0.4) is 0 Å². The molecule has 164 valence electrons. The van der Waals surface area contributed by atoms with Crippen molar-refractivity contribution in [2.45, 2.75) is 37.0 Å². The fourth-order valence-corrected chi connectivity index (χ4v) is 5.04. The van der Waals surface area contributed by atoms with Gasteiger partial charge in [0.05, 0.1) is 17.7 Å². The van der Waals surface area contributed by atoms with Gasteiger partial charge in [-0.1, -0.05) is 0 Å². The number of nitrogens with one attached hydrogen (secondary N) is 1. The molecule has 2 amide bonds. The van der Waals surface area contributed by atoms with Crippen LogP contribution in [-0.2, 0) is 19.6 Å². The van der Waals surface area contributed by atoms with Crippen molar-refractivity contribution in [1.82, 2.24) is 0 Å². The predicted octanol–water partition coefficient (Wildman–Crippen LogP) is 3.14. The van der Waals surface area contributed by atoms with Crippen molar-refractivity contribution in [1.29, 1.82) is 0 Å². The fraction of sp³-hybridized carbons (Fsp3) is 0.364. The third-order valence-electron chi connectivity index (χ3n) is 5.59. The Morgan fingerprint density at radius 3 is 2.16 bits per heavy atom. The van der Waals surface area contributed by atoms with Gasteiger partial charge < -0.3 is 9.64 Å². The van der Waals surface area contributed by atoms with E-state index in [0.717, 1.165) is 36.5 Å². The minimum atomic E-state index is -3.93. The van der Waals surface area contributed by atoms with Crippen LogP contribution >= 0.6 is 0 Å². The molecule has 9 heteroatoms. The van der Waals surface area contributed by atoms with Crippen molar-refractivity contribution in [3.63, 3.8) is 0 Å². The van der Waals surface area contributed by atoms with Gasteiger partial charge in [-0.2, -0.15) is 0 Å². The van der Waals surface area contributed by atoms with Gasteiger partial charge in [0.2, 0.25) is 11.8 Å². The zero-order valence-corrected chi connectivity index (χ0v) is 18.2. The lowest BCUT2D eigenvalue weighted by atomic mass is 10.1. The summed E-state index contributed by atoms with van der Waals surface area (Å²) in [5.74, 6) is -0.494. The van der Waals surface area contributed by atoms with Crippen molar-refractivity contribution < 1.29 is 22.7 Å². The quantitative estimate of drug-likeness (QED) is 0.689. The molecule has 0 radical (unpaired) electrons. The highest BCUT2D eigenvalue weighted by atomic mass is 32.2. The average molecular weight is 444 g/mol. The minimum absolute atomic E-state index is 0.0593. The molecule has 2 saturated heterocycles. The van der Waals surface area contributed by atoms with Crippen molar-refractivity contribution >= 4 is 38.9 Å². The molecule has 2 fully saturated rings. The smallest absolute Gasteiger partial charge is 0.261 e. The van der Waals surface area contributed by atoms with Crippen LogP contribution in [0.15, 0.2) is 47.4 Å². The number of carbonyl (C=O) groups excluding carboxylic acids is 2. The molecule has 0 spiro atoms. The van der Waals surface area contributed by atoms with E-state index in [0.29, 0.717) is 5.69 Å². The van der Waals surface area contributed by atoms with Gasteiger partial charge in [-0.15, -0.1) is 0 Å². The third-order valence-corrected chi connectivity index (χ3v) is 6.97. The van der Waals surface area contributed by atoms with E-state index >= 15 is 0 Å². The monoisotopic (exact) mass is 443 g/mol. The second kappa shape index (κ2) is 8.58. The number of imide groups is 1. The molecule has 8 nitrogen and oxygen atoms in total. The summed E-state index contributed by atoms with van der Waals surface area (Å²) in [6, 6.07) is 11.4. The van der Waals surface area contributed by atoms with E-state index < -0.39 is 10.0 Å². The molecular formula is C22H25N3O5S. The largest absolute Gasteiger partial charge is 0.495 e. The molecule has 2 aromatic carbocycles. The number of hydrogen-bond acceptors (Lipinski definition) is 6. The van der Waals surface area contributed by atoms with Crippen LogP contribution in [0, 0.1) is 0 Å². The summed E-state index contributed by atoms with van der Waals surface area (Å²) >= 11 is 0. The zero-order valence-electron chi connectivity index (χ0n) is 17.3. The standard InChI is InChI=1S/C22H25N3O5S/c1-30-20-10-9-18(15-19(20)25-21(26)11-12-22(25)27)31(28,29)23-16-5-7-17(8-6-16)24-13-3-2-4-14-24/h5-10,15,23H,2-4,11-14H2,1H3. The molecule has 4 rings (SSSR count). The van der Waals surface area contributed by atoms with Crippen LogP contribution in [0.2, 0.25) is 0 Å². The SMILES string of the molecule is COc1ccc(S(=O)(=O)Nc2ccc(N3CCCCC3)cc2)cc1N1C(=O)CCC1=O. The maximum Gasteiger partial charge on any atom is 0.261 e.